The number of urea groups is 1. The number of nitrogens with one attached hydrogen (secondary N) is 1. The van der Waals surface area contributed by atoms with E-state index in [1.165, 1.54) is 10.5 Å². The maximum absolute atomic E-state index is 13.4. The van der Waals surface area contributed by atoms with Crippen molar-refractivity contribution in [3.8, 4) is 28.4 Å². The zero-order valence-electron chi connectivity index (χ0n) is 25.9. The Morgan fingerprint density at radius 3 is 2.61 bits per heavy atom. The van der Waals surface area contributed by atoms with Gasteiger partial charge >= 0.3 is 6.03 Å². The standard InChI is InChI=1S/C38H35N3O5/c1-25-10-8-15-31-34(28(23-39-35(25)31)20-26-11-4-3-5-12-26)27-13-9-14-30(21-27)44-19-7-6-18-41-36(42)38(2,40-37(41)43)29-16-17-32-33(22-29)46-24-45-32/h3-5,8-17,21-23H,6-7,18-20,24H2,1-2H3,(H,40,43). The molecule has 3 heterocycles. The second-order valence-corrected chi connectivity index (χ2v) is 12.0. The topological polar surface area (TPSA) is 90.0 Å². The van der Waals surface area contributed by atoms with Crippen LogP contribution in [-0.2, 0) is 16.8 Å². The number of fused-ring (bicyclic) bond motifs is 2. The van der Waals surface area contributed by atoms with E-state index in [-0.39, 0.29) is 12.7 Å². The van der Waals surface area contributed by atoms with Gasteiger partial charge in [-0.1, -0.05) is 66.7 Å². The fourth-order valence-electron chi connectivity index (χ4n) is 6.31. The largest absolute Gasteiger partial charge is 0.494 e. The molecular weight excluding hydrogens is 578 g/mol. The highest BCUT2D eigenvalue weighted by Gasteiger charge is 2.49. The first-order valence-corrected chi connectivity index (χ1v) is 15.6. The third kappa shape index (κ3) is 5.51. The van der Waals surface area contributed by atoms with E-state index >= 15 is 0 Å². The lowest BCUT2D eigenvalue weighted by molar-refractivity contribution is -0.131. The summed E-state index contributed by atoms with van der Waals surface area (Å²) in [5, 5.41) is 3.98. The minimum Gasteiger partial charge on any atom is -0.494 e. The Kier molecular flexibility index (Phi) is 7.78. The summed E-state index contributed by atoms with van der Waals surface area (Å²) >= 11 is 0. The zero-order valence-corrected chi connectivity index (χ0v) is 25.9. The van der Waals surface area contributed by atoms with Crippen LogP contribution in [0.3, 0.4) is 0 Å². The molecule has 5 aromatic rings. The molecule has 8 nitrogen and oxygen atoms in total. The predicted molar refractivity (Wildman–Crippen MR) is 176 cm³/mol. The average Bonchev–Trinajstić information content (AvgIpc) is 3.63. The molecule has 1 atom stereocenters. The molecule has 2 aliphatic heterocycles. The van der Waals surface area contributed by atoms with Gasteiger partial charge in [0, 0.05) is 18.1 Å². The molecule has 4 aromatic carbocycles. The maximum Gasteiger partial charge on any atom is 0.325 e. The molecule has 3 amide bonds. The summed E-state index contributed by atoms with van der Waals surface area (Å²) in [6, 6.07) is 29.8. The number of amides is 3. The molecule has 46 heavy (non-hydrogen) atoms. The van der Waals surface area contributed by atoms with Crippen LogP contribution >= 0.6 is 0 Å². The molecule has 0 radical (unpaired) electrons. The van der Waals surface area contributed by atoms with Crippen molar-refractivity contribution < 1.29 is 23.8 Å². The molecule has 7 rings (SSSR count). The van der Waals surface area contributed by atoms with Gasteiger partial charge in [0.1, 0.15) is 11.3 Å². The van der Waals surface area contributed by atoms with E-state index in [0.717, 1.165) is 45.3 Å². The van der Waals surface area contributed by atoms with Crippen LogP contribution in [0, 0.1) is 6.92 Å². The second kappa shape index (κ2) is 12.2. The van der Waals surface area contributed by atoms with Gasteiger partial charge in [-0.15, -0.1) is 0 Å². The molecule has 1 N–H and O–H groups in total. The highest BCUT2D eigenvalue weighted by molar-refractivity contribution is 6.07. The number of carbonyl (C=O) groups excluding carboxylic acids is 2. The van der Waals surface area contributed by atoms with Crippen LogP contribution in [0.1, 0.15) is 42.0 Å². The number of pyridine rings is 1. The maximum atomic E-state index is 13.4. The Balaban J connectivity index is 1.02. The number of imide groups is 1. The first kappa shape index (κ1) is 29.3. The number of unbranched alkanes of at least 4 members (excludes halogenated alkanes) is 1. The van der Waals surface area contributed by atoms with Crippen LogP contribution in [0.15, 0.2) is 97.2 Å². The first-order chi connectivity index (χ1) is 22.4. The minimum absolute atomic E-state index is 0.143. The Labute approximate surface area is 267 Å². The highest BCUT2D eigenvalue weighted by atomic mass is 16.7. The molecule has 0 aliphatic carbocycles. The quantitative estimate of drug-likeness (QED) is 0.133. The van der Waals surface area contributed by atoms with Gasteiger partial charge in [0.15, 0.2) is 11.5 Å². The van der Waals surface area contributed by atoms with Crippen molar-refractivity contribution in [3.05, 3.63) is 119 Å². The molecule has 232 valence electrons. The molecule has 0 bridgehead atoms. The number of benzene rings is 4. The SMILES string of the molecule is Cc1cccc2c(-c3cccc(OCCCCN4C(=O)NC(C)(c5ccc6c(c5)OCO6)C4=O)c3)c(Cc3ccccc3)cnc12. The van der Waals surface area contributed by atoms with Crippen LogP contribution in [0.4, 0.5) is 4.79 Å². The summed E-state index contributed by atoms with van der Waals surface area (Å²) in [7, 11) is 0. The molecule has 1 unspecified atom stereocenters. The van der Waals surface area contributed by atoms with Crippen molar-refractivity contribution in [1.29, 1.82) is 0 Å². The third-order valence-electron chi connectivity index (χ3n) is 8.81. The fourth-order valence-corrected chi connectivity index (χ4v) is 6.31. The lowest BCUT2D eigenvalue weighted by atomic mass is 9.91. The highest BCUT2D eigenvalue weighted by Crippen LogP contribution is 2.38. The van der Waals surface area contributed by atoms with Gasteiger partial charge in [-0.3, -0.25) is 14.7 Å². The van der Waals surface area contributed by atoms with Crippen molar-refractivity contribution in [2.24, 2.45) is 0 Å². The zero-order chi connectivity index (χ0) is 31.7. The molecule has 0 spiro atoms. The molecule has 8 heteroatoms. The Hall–Kier alpha value is -5.37. The number of hydrogen-bond donors (Lipinski definition) is 1. The summed E-state index contributed by atoms with van der Waals surface area (Å²) in [4.78, 5) is 32.3. The molecule has 1 aromatic heterocycles. The van der Waals surface area contributed by atoms with Gasteiger partial charge in [-0.25, -0.2) is 4.79 Å². The number of ether oxygens (including phenoxy) is 3. The van der Waals surface area contributed by atoms with E-state index in [0.29, 0.717) is 43.1 Å². The fraction of sp³-hybridized carbons (Fsp3) is 0.237. The van der Waals surface area contributed by atoms with Crippen LogP contribution in [0.2, 0.25) is 0 Å². The summed E-state index contributed by atoms with van der Waals surface area (Å²) in [6.07, 6.45) is 4.07. The molecular formula is C38H35N3O5. The van der Waals surface area contributed by atoms with Crippen LogP contribution in [0.5, 0.6) is 17.2 Å². The first-order valence-electron chi connectivity index (χ1n) is 15.6. The van der Waals surface area contributed by atoms with E-state index in [4.69, 9.17) is 19.2 Å². The number of carbonyl (C=O) groups is 2. The number of nitrogens with zero attached hydrogens (tertiary/aromatic N) is 2. The normalized spacial score (nSPS) is 17.0. The lowest BCUT2D eigenvalue weighted by Crippen LogP contribution is -2.41. The Morgan fingerprint density at radius 1 is 0.913 bits per heavy atom. The van der Waals surface area contributed by atoms with E-state index in [1.54, 1.807) is 25.1 Å². The third-order valence-corrected chi connectivity index (χ3v) is 8.81. The van der Waals surface area contributed by atoms with Crippen molar-refractivity contribution in [1.82, 2.24) is 15.2 Å². The van der Waals surface area contributed by atoms with E-state index in [9.17, 15) is 9.59 Å². The van der Waals surface area contributed by atoms with Crippen molar-refractivity contribution in [2.45, 2.75) is 38.6 Å². The summed E-state index contributed by atoms with van der Waals surface area (Å²) < 4.78 is 17.0. The van der Waals surface area contributed by atoms with E-state index < -0.39 is 11.6 Å². The van der Waals surface area contributed by atoms with Gasteiger partial charge in [0.25, 0.3) is 5.91 Å². The van der Waals surface area contributed by atoms with Crippen LogP contribution < -0.4 is 19.5 Å². The number of aromatic nitrogens is 1. The van der Waals surface area contributed by atoms with Gasteiger partial charge < -0.3 is 19.5 Å². The summed E-state index contributed by atoms with van der Waals surface area (Å²) in [5.41, 5.74) is 6.24. The Bertz CT molecular complexity index is 1940. The lowest BCUT2D eigenvalue weighted by Gasteiger charge is -2.22. The number of para-hydroxylation sites is 1. The monoisotopic (exact) mass is 613 g/mol. The van der Waals surface area contributed by atoms with Crippen LogP contribution in [0.25, 0.3) is 22.0 Å². The smallest absolute Gasteiger partial charge is 0.325 e. The predicted octanol–water partition coefficient (Wildman–Crippen LogP) is 7.16. The van der Waals surface area contributed by atoms with Crippen molar-refractivity contribution >= 4 is 22.8 Å². The van der Waals surface area contributed by atoms with Gasteiger partial charge in [-0.2, -0.15) is 0 Å². The van der Waals surface area contributed by atoms with Gasteiger partial charge in [-0.05, 0) is 90.8 Å². The molecule has 1 saturated heterocycles. The number of aryl methyl sites for hydroxylation is 1. The summed E-state index contributed by atoms with van der Waals surface area (Å²) in [6.45, 7) is 4.72. The van der Waals surface area contributed by atoms with Crippen molar-refractivity contribution in [2.75, 3.05) is 19.9 Å². The number of rotatable bonds is 10. The van der Waals surface area contributed by atoms with E-state index in [1.807, 2.05) is 24.4 Å². The second-order valence-electron chi connectivity index (χ2n) is 12.0. The Morgan fingerprint density at radius 2 is 1.74 bits per heavy atom. The molecule has 2 aliphatic rings. The van der Waals surface area contributed by atoms with Crippen molar-refractivity contribution in [3.63, 3.8) is 0 Å². The molecule has 1 fully saturated rings. The number of hydrogen-bond acceptors (Lipinski definition) is 6. The van der Waals surface area contributed by atoms with Gasteiger partial charge in [0.2, 0.25) is 6.79 Å². The summed E-state index contributed by atoms with van der Waals surface area (Å²) in [5.74, 6) is 1.69. The van der Waals surface area contributed by atoms with Crippen LogP contribution in [-0.4, -0.2) is 41.8 Å². The van der Waals surface area contributed by atoms with E-state index in [2.05, 4.69) is 66.8 Å². The minimum atomic E-state index is -1.16. The average molecular weight is 614 g/mol. The van der Waals surface area contributed by atoms with Gasteiger partial charge in [0.05, 0.1) is 12.1 Å². The molecule has 0 saturated carbocycles.